The molecular formula is C46H77N7O7S. The Kier molecular flexibility index (Phi) is 13.3. The summed E-state index contributed by atoms with van der Waals surface area (Å²) in [6.07, 6.45) is 12.5. The summed E-state index contributed by atoms with van der Waals surface area (Å²) in [4.78, 5) is 76.8. The Labute approximate surface area is 366 Å². The van der Waals surface area contributed by atoms with Crippen molar-refractivity contribution in [2.24, 2.45) is 33.5 Å². The minimum Gasteiger partial charge on any atom is -0.343 e. The Morgan fingerprint density at radius 3 is 2.00 bits per heavy atom. The Bertz CT molecular complexity index is 1830. The molecule has 6 rings (SSSR count). The zero-order valence-electron chi connectivity index (χ0n) is 38.8. The number of rotatable bonds is 15. The summed E-state index contributed by atoms with van der Waals surface area (Å²) < 4.78 is 30.2. The van der Waals surface area contributed by atoms with Crippen LogP contribution in [0, 0.1) is 33.5 Å². The lowest BCUT2D eigenvalue weighted by Gasteiger charge is -2.40. The Morgan fingerprint density at radius 1 is 0.852 bits per heavy atom. The summed E-state index contributed by atoms with van der Waals surface area (Å²) >= 11 is 0. The first-order valence-electron chi connectivity index (χ1n) is 23.4. The molecule has 344 valence electrons. The number of carbonyl (C=O) groups excluding carboxylic acids is 5. The molecule has 2 heterocycles. The number of nitrogens with zero attached hydrogens (tertiary/aromatic N) is 3. The molecule has 61 heavy (non-hydrogen) atoms. The van der Waals surface area contributed by atoms with E-state index in [-0.39, 0.29) is 64.9 Å². The number of fused-ring (bicyclic) bond motifs is 1. The summed E-state index contributed by atoms with van der Waals surface area (Å²) in [6, 6.07) is -3.36. The van der Waals surface area contributed by atoms with Gasteiger partial charge < -0.3 is 20.9 Å². The number of hydrogen-bond donors (Lipinski definition) is 4. The third-order valence-electron chi connectivity index (χ3n) is 16.5. The Hall–Kier alpha value is -3.04. The summed E-state index contributed by atoms with van der Waals surface area (Å²) in [7, 11) is -4.22. The van der Waals surface area contributed by atoms with Gasteiger partial charge in [-0.25, -0.2) is 4.72 Å². The molecule has 2 aliphatic heterocycles. The number of likely N-dealkylation sites (tertiary alicyclic amines) is 2. The normalized spacial score (nSPS) is 30.8. The van der Waals surface area contributed by atoms with E-state index in [0.29, 0.717) is 13.0 Å². The summed E-state index contributed by atoms with van der Waals surface area (Å²) in [5, 5.41) is 9.33. The minimum atomic E-state index is -4.22. The molecule has 0 bridgehead atoms. The van der Waals surface area contributed by atoms with Crippen LogP contribution in [-0.4, -0.2) is 113 Å². The van der Waals surface area contributed by atoms with E-state index in [2.05, 4.69) is 59.8 Å². The lowest BCUT2D eigenvalue weighted by atomic mass is 9.73. The van der Waals surface area contributed by atoms with E-state index >= 15 is 4.79 Å². The fourth-order valence-electron chi connectivity index (χ4n) is 12.5. The Balaban J connectivity index is 1.28. The molecule has 2 spiro atoms. The van der Waals surface area contributed by atoms with Crippen molar-refractivity contribution in [3.05, 3.63) is 12.7 Å². The van der Waals surface area contributed by atoms with Gasteiger partial charge in [0.25, 0.3) is 5.91 Å². The average Bonchev–Trinajstić information content (AvgIpc) is 3.90. The van der Waals surface area contributed by atoms with Crippen molar-refractivity contribution in [2.45, 2.75) is 194 Å². The largest absolute Gasteiger partial charge is 0.343 e. The zero-order chi connectivity index (χ0) is 45.1. The minimum absolute atomic E-state index is 0.0276. The molecular weight excluding hydrogens is 795 g/mol. The van der Waals surface area contributed by atoms with Crippen LogP contribution in [0.4, 0.5) is 0 Å². The molecule has 5 amide bonds. The smallest absolute Gasteiger partial charge is 0.304 e. The van der Waals surface area contributed by atoms with Gasteiger partial charge in [-0.2, -0.15) is 12.7 Å². The number of amides is 5. The van der Waals surface area contributed by atoms with Gasteiger partial charge in [0.05, 0.1) is 6.04 Å². The Morgan fingerprint density at radius 2 is 1.49 bits per heavy atom. The molecule has 6 aliphatic rings. The fourth-order valence-corrected chi connectivity index (χ4v) is 13.9. The number of piperidine rings is 1. The van der Waals surface area contributed by atoms with Crippen molar-refractivity contribution in [3.63, 3.8) is 0 Å². The standard InChI is InChI=1S/C46H77N7O7S/c1-12-32-26-46(32,41(58)50-61(59,60)53(13-2)30(5)6)49-38(55)34-27-45(43(10,11)44(45)23-19-24-44)28-52(34)40(57)36(42(7,8)9)48-39(56)35(31-20-15-14-16-21-31)47-37(54)33-22-17-18-25-51(33)29(3)4/h12,29-36H,1,13-28H2,2-11H3,(H,47,54)(H,48,56)(H,49,55)(H,50,58). The molecule has 0 aromatic carbocycles. The van der Waals surface area contributed by atoms with Crippen LogP contribution < -0.4 is 20.7 Å². The first-order chi connectivity index (χ1) is 28.4. The average molecular weight is 872 g/mol. The molecule has 7 unspecified atom stereocenters. The third kappa shape index (κ3) is 8.30. The highest BCUT2D eigenvalue weighted by Gasteiger charge is 2.85. The zero-order valence-corrected chi connectivity index (χ0v) is 39.6. The first-order valence-corrected chi connectivity index (χ1v) is 24.8. The third-order valence-corrected chi connectivity index (χ3v) is 18.2. The number of hydrogen-bond acceptors (Lipinski definition) is 8. The van der Waals surface area contributed by atoms with Gasteiger partial charge in [0.1, 0.15) is 23.7 Å². The van der Waals surface area contributed by atoms with Gasteiger partial charge in [-0.15, -0.1) is 6.58 Å². The molecule has 15 heteroatoms. The number of carbonyl (C=O) groups is 5. The highest BCUT2D eigenvalue weighted by atomic mass is 32.2. The number of nitrogens with one attached hydrogen (secondary N) is 4. The molecule has 0 radical (unpaired) electrons. The molecule has 14 nitrogen and oxygen atoms in total. The lowest BCUT2D eigenvalue weighted by Crippen LogP contribution is -2.63. The van der Waals surface area contributed by atoms with Gasteiger partial charge in [0.15, 0.2) is 0 Å². The predicted molar refractivity (Wildman–Crippen MR) is 236 cm³/mol. The van der Waals surface area contributed by atoms with Crippen molar-refractivity contribution < 1.29 is 32.4 Å². The molecule has 2 saturated heterocycles. The summed E-state index contributed by atoms with van der Waals surface area (Å²) in [5.74, 6) is -2.85. The van der Waals surface area contributed by atoms with Gasteiger partial charge in [0.2, 0.25) is 23.6 Å². The van der Waals surface area contributed by atoms with Gasteiger partial charge >= 0.3 is 10.2 Å². The van der Waals surface area contributed by atoms with Crippen molar-refractivity contribution in [1.82, 2.24) is 34.8 Å². The van der Waals surface area contributed by atoms with Crippen LogP contribution in [0.5, 0.6) is 0 Å². The summed E-state index contributed by atoms with van der Waals surface area (Å²) in [5.41, 5.74) is -2.86. The van der Waals surface area contributed by atoms with Gasteiger partial charge in [-0.3, -0.25) is 28.9 Å². The molecule has 7 atom stereocenters. The maximum Gasteiger partial charge on any atom is 0.304 e. The van der Waals surface area contributed by atoms with Crippen LogP contribution in [0.2, 0.25) is 0 Å². The van der Waals surface area contributed by atoms with Crippen molar-refractivity contribution in [2.75, 3.05) is 19.6 Å². The topological polar surface area (TPSA) is 177 Å². The van der Waals surface area contributed by atoms with Gasteiger partial charge in [-0.05, 0) is 108 Å². The fraction of sp³-hybridized carbons (Fsp3) is 0.848. The molecule has 4 N–H and O–H groups in total. The van der Waals surface area contributed by atoms with E-state index in [0.717, 1.165) is 77.2 Å². The molecule has 0 aromatic rings. The monoisotopic (exact) mass is 872 g/mol. The second-order valence-corrected chi connectivity index (χ2v) is 23.2. The van der Waals surface area contributed by atoms with E-state index in [1.807, 2.05) is 20.8 Å². The van der Waals surface area contributed by atoms with E-state index in [1.165, 1.54) is 4.31 Å². The first kappa shape index (κ1) is 47.4. The highest BCUT2D eigenvalue weighted by molar-refractivity contribution is 7.87. The molecule has 4 aliphatic carbocycles. The van der Waals surface area contributed by atoms with Crippen LogP contribution in [0.15, 0.2) is 12.7 Å². The molecule has 4 saturated carbocycles. The predicted octanol–water partition coefficient (Wildman–Crippen LogP) is 4.79. The SMILES string of the molecule is C=CC1CC1(NC(=O)C1CC2(CN1C(=O)C(NC(=O)C(NC(=O)C1CCCCN1C(C)C)C1CCCCC1)C(C)(C)C)C(C)(C)C21CCC1)C(=O)NS(=O)(=O)N(CC)C(C)C. The summed E-state index contributed by atoms with van der Waals surface area (Å²) in [6.45, 7) is 24.7. The maximum absolute atomic E-state index is 15.3. The van der Waals surface area contributed by atoms with E-state index in [1.54, 1.807) is 31.7 Å². The van der Waals surface area contributed by atoms with E-state index in [4.69, 9.17) is 0 Å². The van der Waals surface area contributed by atoms with Crippen molar-refractivity contribution in [3.8, 4) is 0 Å². The van der Waals surface area contributed by atoms with Gasteiger partial charge in [0, 0.05) is 36.5 Å². The highest BCUT2D eigenvalue weighted by Crippen LogP contribution is 2.88. The van der Waals surface area contributed by atoms with Crippen LogP contribution in [0.25, 0.3) is 0 Å². The van der Waals surface area contributed by atoms with E-state index < -0.39 is 63.1 Å². The second kappa shape index (κ2) is 17.2. The van der Waals surface area contributed by atoms with Crippen LogP contribution in [0.1, 0.15) is 153 Å². The van der Waals surface area contributed by atoms with Crippen LogP contribution >= 0.6 is 0 Å². The van der Waals surface area contributed by atoms with Gasteiger partial charge in [-0.1, -0.05) is 79.7 Å². The quantitative estimate of drug-likeness (QED) is 0.170. The van der Waals surface area contributed by atoms with E-state index in [9.17, 15) is 27.6 Å². The van der Waals surface area contributed by atoms with Crippen LogP contribution in [-0.2, 0) is 34.2 Å². The second-order valence-electron chi connectivity index (χ2n) is 21.6. The molecule has 6 fully saturated rings. The molecule has 0 aromatic heterocycles. The lowest BCUT2D eigenvalue weighted by molar-refractivity contribution is -0.145. The van der Waals surface area contributed by atoms with Crippen molar-refractivity contribution in [1.29, 1.82) is 0 Å². The maximum atomic E-state index is 15.3. The van der Waals surface area contributed by atoms with Crippen LogP contribution in [0.3, 0.4) is 0 Å². The van der Waals surface area contributed by atoms with Crippen molar-refractivity contribution >= 4 is 39.7 Å².